The molecule has 0 fully saturated rings. The van der Waals surface area contributed by atoms with E-state index in [9.17, 15) is 4.79 Å². The highest BCUT2D eigenvalue weighted by atomic mass is 127. The van der Waals surface area contributed by atoms with Crippen molar-refractivity contribution in [3.8, 4) is 11.7 Å². The molecule has 0 saturated heterocycles. The van der Waals surface area contributed by atoms with Gasteiger partial charge in [-0.05, 0) is 38.2 Å². The number of hydrogen-bond donors (Lipinski definition) is 1. The first-order valence-corrected chi connectivity index (χ1v) is 6.69. The third-order valence-electron chi connectivity index (χ3n) is 2.52. The van der Waals surface area contributed by atoms with E-state index in [-0.39, 0.29) is 18.3 Å². The minimum absolute atomic E-state index is 0.0379. The third kappa shape index (κ3) is 2.61. The largest absolute Gasteiger partial charge is 0.471 e. The van der Waals surface area contributed by atoms with Crippen molar-refractivity contribution < 1.29 is 6.15 Å². The van der Waals surface area contributed by atoms with Gasteiger partial charge in [0.2, 0.25) is 5.88 Å². The molecular weight excluding hydrogens is 393 g/mol. The maximum atomic E-state index is 11.9. The highest BCUT2D eigenvalue weighted by molar-refractivity contribution is 14.1. The predicted molar refractivity (Wildman–Crippen MR) is 75.6 cm³/mol. The Balaban J connectivity index is 1.96. The van der Waals surface area contributed by atoms with Crippen LogP contribution in [0.15, 0.2) is 17.1 Å². The van der Waals surface area contributed by atoms with E-state index in [1.54, 1.807) is 0 Å². The number of rotatable bonds is 4. The minimum atomic E-state index is -0.465. The molecular formula is C9H8IN9O2. The van der Waals surface area contributed by atoms with Crippen molar-refractivity contribution in [2.45, 2.75) is 6.61 Å². The number of aryl methyl sites for hydroxylation is 1. The maximum Gasteiger partial charge on any atom is 0.369 e. The minimum Gasteiger partial charge on any atom is -0.471 e. The molecule has 0 atom stereocenters. The lowest BCUT2D eigenvalue weighted by Gasteiger charge is -2.07. The smallest absolute Gasteiger partial charge is 0.369 e. The van der Waals surface area contributed by atoms with Crippen LogP contribution in [0, 0.1) is 3.70 Å². The van der Waals surface area contributed by atoms with Crippen LogP contribution in [-0.4, -0.2) is 45.4 Å². The summed E-state index contributed by atoms with van der Waals surface area (Å²) in [6.45, 7) is 0.0379. The standard InChI is InChI=1S/C9H8IN9O2/c1-18-9(20)19(17-16-18)8-5(7(10)13-15-14-8)4-21-6-2-3-11-12-6/h2-3H,4H2,1H3,(H,11,12)/i/hT. The van der Waals surface area contributed by atoms with E-state index in [1.165, 1.54) is 19.3 Å². The Hall–Kier alpha value is -2.38. The van der Waals surface area contributed by atoms with Crippen molar-refractivity contribution in [1.82, 2.24) is 45.4 Å². The lowest BCUT2D eigenvalue weighted by atomic mass is 10.3. The van der Waals surface area contributed by atoms with Gasteiger partial charge in [-0.3, -0.25) is 5.09 Å². The Morgan fingerprint density at radius 1 is 1.48 bits per heavy atom. The van der Waals surface area contributed by atoms with Gasteiger partial charge < -0.3 is 4.74 Å². The molecule has 108 valence electrons. The Labute approximate surface area is 131 Å². The van der Waals surface area contributed by atoms with Crippen molar-refractivity contribution in [1.29, 1.82) is 0 Å². The van der Waals surface area contributed by atoms with Gasteiger partial charge in [-0.25, -0.2) is 4.79 Å². The van der Waals surface area contributed by atoms with Gasteiger partial charge in [0.05, 0.1) is 5.56 Å². The van der Waals surface area contributed by atoms with E-state index >= 15 is 0 Å². The fraction of sp³-hybridized carbons (Fsp3) is 0.222. The van der Waals surface area contributed by atoms with Crippen molar-refractivity contribution in [2.24, 2.45) is 7.05 Å². The highest BCUT2D eigenvalue weighted by Gasteiger charge is 2.18. The molecule has 0 spiro atoms. The molecule has 3 rings (SSSR count). The molecule has 0 saturated carbocycles. The molecule has 0 aliphatic heterocycles. The molecule has 0 aliphatic rings. The summed E-state index contributed by atoms with van der Waals surface area (Å²) in [5.74, 6) is 0.447. The van der Waals surface area contributed by atoms with Gasteiger partial charge in [0, 0.05) is 19.3 Å². The molecule has 1 N–H and O–H groups in total. The Morgan fingerprint density at radius 2 is 2.33 bits per heavy atom. The topological polar surface area (TPSA) is 129 Å². The molecule has 12 heteroatoms. The van der Waals surface area contributed by atoms with Gasteiger partial charge in [-0.15, -0.1) is 20.0 Å². The van der Waals surface area contributed by atoms with Crippen LogP contribution in [0.25, 0.3) is 5.82 Å². The van der Waals surface area contributed by atoms with Crippen molar-refractivity contribution in [2.75, 3.05) is 0 Å². The number of ether oxygens (including phenoxy) is 1. The summed E-state index contributed by atoms with van der Waals surface area (Å²) in [6, 6.07) is 1.54. The van der Waals surface area contributed by atoms with Crippen LogP contribution < -0.4 is 10.4 Å². The molecule has 3 heterocycles. The number of aromatic amines is 1. The number of aromatic nitrogens is 9. The normalized spacial score (nSPS) is 11.4. The first kappa shape index (κ1) is 12.4. The second kappa shape index (κ2) is 5.55. The summed E-state index contributed by atoms with van der Waals surface area (Å²) in [5, 5.41) is 23.3. The van der Waals surface area contributed by atoms with Crippen LogP contribution in [-0.2, 0) is 13.7 Å². The second-order valence-electron chi connectivity index (χ2n) is 3.84. The van der Waals surface area contributed by atoms with Gasteiger partial charge in [0.25, 0.3) is 0 Å². The molecule has 3 aromatic heterocycles. The van der Waals surface area contributed by atoms with Crippen LogP contribution >= 0.6 is 22.6 Å². The zero-order valence-electron chi connectivity index (χ0n) is 11.6. The number of nitrogens with one attached hydrogen (secondary N) is 1. The fourth-order valence-corrected chi connectivity index (χ4v) is 1.99. The zero-order chi connectivity index (χ0) is 15.7. The van der Waals surface area contributed by atoms with E-state index < -0.39 is 5.69 Å². The number of hydrogen-bond acceptors (Lipinski definition) is 8. The second-order valence-corrected chi connectivity index (χ2v) is 4.86. The third-order valence-corrected chi connectivity index (χ3v) is 3.38. The summed E-state index contributed by atoms with van der Waals surface area (Å²) in [7, 11) is 1.47. The monoisotopic (exact) mass is 403 g/mol. The Morgan fingerprint density at radius 3 is 3.00 bits per heavy atom. The maximum absolute atomic E-state index is 11.9. The van der Waals surface area contributed by atoms with Crippen molar-refractivity contribution in [3.05, 3.63) is 32.0 Å². The molecule has 0 amide bonds. The quantitative estimate of drug-likeness (QED) is 0.553. The summed E-state index contributed by atoms with van der Waals surface area (Å²) < 4.78 is 15.3. The Kier molecular flexibility index (Phi) is 3.27. The molecule has 0 radical (unpaired) electrons. The van der Waals surface area contributed by atoms with E-state index in [2.05, 4.69) is 30.9 Å². The van der Waals surface area contributed by atoms with Gasteiger partial charge in [-0.1, -0.05) is 0 Å². The summed E-state index contributed by atoms with van der Waals surface area (Å²) in [6.07, 6.45) is 1.43. The van der Waals surface area contributed by atoms with Crippen molar-refractivity contribution in [3.63, 3.8) is 0 Å². The van der Waals surface area contributed by atoms with E-state index in [0.717, 1.165) is 14.5 Å². The van der Waals surface area contributed by atoms with Crippen LogP contribution in [0.5, 0.6) is 5.88 Å². The van der Waals surface area contributed by atoms with E-state index in [0.29, 0.717) is 9.26 Å². The zero-order valence-corrected chi connectivity index (χ0v) is 12.7. The van der Waals surface area contributed by atoms with Crippen LogP contribution in [0.2, 0.25) is 1.41 Å². The molecule has 0 aliphatic carbocycles. The molecule has 3 aromatic rings. The number of halogens is 1. The Bertz CT molecular complexity index is 872. The lowest BCUT2D eigenvalue weighted by Crippen LogP contribution is -2.25. The summed E-state index contributed by atoms with van der Waals surface area (Å²) in [5.41, 5.74) is 0.0470. The van der Waals surface area contributed by atoms with Gasteiger partial charge in [0.1, 0.15) is 10.3 Å². The average Bonchev–Trinajstić information content (AvgIpc) is 3.05. The highest BCUT2D eigenvalue weighted by Crippen LogP contribution is 2.16. The van der Waals surface area contributed by atoms with Gasteiger partial charge in [-0.2, -0.15) is 4.68 Å². The summed E-state index contributed by atoms with van der Waals surface area (Å²) in [4.78, 5) is 11.9. The summed E-state index contributed by atoms with van der Waals surface area (Å²) >= 11 is 1.95. The molecule has 11 nitrogen and oxygen atoms in total. The molecule has 0 bridgehead atoms. The van der Waals surface area contributed by atoms with Crippen LogP contribution in [0.3, 0.4) is 0 Å². The fourth-order valence-electron chi connectivity index (χ4n) is 1.50. The van der Waals surface area contributed by atoms with Crippen LogP contribution in [0.1, 0.15) is 5.56 Å². The number of nitrogens with zero attached hydrogens (tertiary/aromatic N) is 8. The van der Waals surface area contributed by atoms with Crippen LogP contribution in [0.4, 0.5) is 0 Å². The van der Waals surface area contributed by atoms with Crippen molar-refractivity contribution >= 4 is 22.6 Å². The van der Waals surface area contributed by atoms with Gasteiger partial charge >= 0.3 is 5.69 Å². The number of H-pyrrole nitrogens is 1. The molecule has 0 unspecified atom stereocenters. The lowest BCUT2D eigenvalue weighted by molar-refractivity contribution is 0.290. The molecule has 21 heavy (non-hydrogen) atoms. The molecule has 0 aromatic carbocycles. The number of tetrazole rings is 1. The van der Waals surface area contributed by atoms with Gasteiger partial charge in [0.15, 0.2) is 7.23 Å². The van der Waals surface area contributed by atoms with E-state index in [1.807, 2.05) is 22.6 Å². The average molecular weight is 403 g/mol. The first-order valence-electron chi connectivity index (χ1n) is 6.06. The van der Waals surface area contributed by atoms with E-state index in [4.69, 9.17) is 6.15 Å². The first-order chi connectivity index (χ1) is 10.6. The predicted octanol–water partition coefficient (Wildman–Crippen LogP) is -0.942. The SMILES string of the molecule is [3H]n1ccc(OCc2c(I)nnnc2-n2nnn(C)c2=O)n1.